The Morgan fingerprint density at radius 1 is 1.16 bits per heavy atom. The van der Waals surface area contributed by atoms with Gasteiger partial charge >= 0.3 is 6.18 Å². The average molecular weight is 453 g/mol. The van der Waals surface area contributed by atoms with Crippen LogP contribution < -0.4 is 5.56 Å². The number of rotatable bonds is 5. The van der Waals surface area contributed by atoms with Gasteiger partial charge in [-0.15, -0.1) is 0 Å². The first-order chi connectivity index (χ1) is 14.3. The summed E-state index contributed by atoms with van der Waals surface area (Å²) in [5, 5.41) is 3.68. The topological polar surface area (TPSA) is 74.0 Å². The van der Waals surface area contributed by atoms with Crippen LogP contribution in [-0.2, 0) is 35.4 Å². The van der Waals surface area contributed by atoms with Crippen molar-refractivity contribution in [1.82, 2.24) is 14.3 Å². The fourth-order valence-electron chi connectivity index (χ4n) is 3.87. The number of alkyl halides is 3. The highest BCUT2D eigenvalue weighted by Crippen LogP contribution is 2.40. The van der Waals surface area contributed by atoms with Crippen LogP contribution in [0.1, 0.15) is 29.7 Å². The third-order valence-electron chi connectivity index (χ3n) is 5.44. The van der Waals surface area contributed by atoms with E-state index in [2.05, 4.69) is 5.10 Å². The molecule has 10 heteroatoms. The molecule has 1 fully saturated rings. The molecule has 1 aromatic carbocycles. The Morgan fingerprint density at radius 3 is 2.39 bits per heavy atom. The number of aromatic nitrogens is 3. The number of hydrogen-bond donors (Lipinski definition) is 0. The zero-order valence-corrected chi connectivity index (χ0v) is 18.1. The summed E-state index contributed by atoms with van der Waals surface area (Å²) in [5.41, 5.74) is 0.689. The van der Waals surface area contributed by atoms with Crippen LogP contribution in [0.15, 0.2) is 29.2 Å². The predicted molar refractivity (Wildman–Crippen MR) is 111 cm³/mol. The summed E-state index contributed by atoms with van der Waals surface area (Å²) in [6.45, 7) is 2.00. The lowest BCUT2D eigenvalue weighted by Gasteiger charge is -2.12. The van der Waals surface area contributed by atoms with Crippen molar-refractivity contribution in [2.24, 2.45) is 13.0 Å². The molecule has 0 radical (unpaired) electrons. The van der Waals surface area contributed by atoms with Gasteiger partial charge in [-0.2, -0.15) is 18.3 Å². The molecule has 0 saturated heterocycles. The van der Waals surface area contributed by atoms with Crippen LogP contribution in [-0.4, -0.2) is 29.0 Å². The number of hydrogen-bond acceptors (Lipinski definition) is 4. The van der Waals surface area contributed by atoms with Crippen LogP contribution in [0.25, 0.3) is 22.0 Å². The Morgan fingerprint density at radius 2 is 1.84 bits per heavy atom. The lowest BCUT2D eigenvalue weighted by atomic mass is 9.99. The molecule has 0 spiro atoms. The van der Waals surface area contributed by atoms with Gasteiger partial charge in [0, 0.05) is 37.0 Å². The summed E-state index contributed by atoms with van der Waals surface area (Å²) in [5.74, 6) is -0.272. The first kappa shape index (κ1) is 21.6. The zero-order chi connectivity index (χ0) is 22.7. The zero-order valence-electron chi connectivity index (χ0n) is 17.3. The van der Waals surface area contributed by atoms with Gasteiger partial charge in [0.2, 0.25) is 0 Å². The highest BCUT2D eigenvalue weighted by Gasteiger charge is 2.39. The van der Waals surface area contributed by atoms with Crippen LogP contribution in [0.2, 0.25) is 0 Å². The van der Waals surface area contributed by atoms with Gasteiger partial charge in [0.1, 0.15) is 0 Å². The summed E-state index contributed by atoms with van der Waals surface area (Å²) in [6, 6.07) is 4.71. The van der Waals surface area contributed by atoms with E-state index < -0.39 is 27.5 Å². The van der Waals surface area contributed by atoms with E-state index in [4.69, 9.17) is 0 Å². The molecule has 0 atom stereocenters. The number of pyridine rings is 1. The molecule has 0 bridgehead atoms. The Balaban J connectivity index is 2.04. The fourth-order valence-corrected chi connectivity index (χ4v) is 4.66. The largest absolute Gasteiger partial charge is 0.435 e. The van der Waals surface area contributed by atoms with Gasteiger partial charge in [-0.25, -0.2) is 8.42 Å². The van der Waals surface area contributed by atoms with E-state index in [1.54, 1.807) is 32.3 Å². The Labute approximate surface area is 177 Å². The molecule has 31 heavy (non-hydrogen) atoms. The summed E-state index contributed by atoms with van der Waals surface area (Å²) in [6.07, 6.45) is -0.276. The average Bonchev–Trinajstić information content (AvgIpc) is 3.36. The van der Waals surface area contributed by atoms with E-state index in [0.29, 0.717) is 23.2 Å². The van der Waals surface area contributed by atoms with Gasteiger partial charge in [0.15, 0.2) is 15.5 Å². The maximum Gasteiger partial charge on any atom is 0.435 e. The monoisotopic (exact) mass is 453 g/mol. The summed E-state index contributed by atoms with van der Waals surface area (Å²) in [4.78, 5) is 12.1. The molecule has 1 aliphatic carbocycles. The summed E-state index contributed by atoms with van der Waals surface area (Å²) in [7, 11) is -2.02. The van der Waals surface area contributed by atoms with Crippen molar-refractivity contribution in [1.29, 1.82) is 0 Å². The van der Waals surface area contributed by atoms with Gasteiger partial charge in [0.25, 0.3) is 5.56 Å². The van der Waals surface area contributed by atoms with Crippen molar-refractivity contribution in [3.05, 3.63) is 51.6 Å². The predicted octanol–water partition coefficient (Wildman–Crippen LogP) is 3.68. The Bertz CT molecular complexity index is 1320. The molecule has 0 aliphatic heterocycles. The van der Waals surface area contributed by atoms with Crippen LogP contribution >= 0.6 is 0 Å². The van der Waals surface area contributed by atoms with Gasteiger partial charge in [-0.3, -0.25) is 9.48 Å². The molecular weight excluding hydrogens is 431 g/mol. The number of fused-ring (bicyclic) bond motifs is 1. The van der Waals surface area contributed by atoms with Gasteiger partial charge in [-0.05, 0) is 60.6 Å². The maximum atomic E-state index is 13.8. The molecule has 3 aromatic rings. The van der Waals surface area contributed by atoms with Crippen molar-refractivity contribution in [2.45, 2.75) is 38.2 Å². The van der Waals surface area contributed by atoms with Crippen LogP contribution in [0.5, 0.6) is 0 Å². The minimum absolute atomic E-state index is 0.0517. The first-order valence-electron chi connectivity index (χ1n) is 9.79. The molecular formula is C21H22F3N3O3S. The van der Waals surface area contributed by atoms with E-state index in [9.17, 15) is 26.4 Å². The number of aryl methyl sites for hydroxylation is 2. The molecule has 1 saturated carbocycles. The van der Waals surface area contributed by atoms with Crippen molar-refractivity contribution < 1.29 is 21.6 Å². The van der Waals surface area contributed by atoms with Crippen LogP contribution in [0, 0.1) is 12.8 Å². The molecule has 1 aliphatic rings. The summed E-state index contributed by atoms with van der Waals surface area (Å²) < 4.78 is 68.3. The van der Waals surface area contributed by atoms with Crippen molar-refractivity contribution >= 4 is 20.7 Å². The fraction of sp³-hybridized carbons (Fsp3) is 0.429. The molecule has 6 nitrogen and oxygen atoms in total. The quantitative estimate of drug-likeness (QED) is 0.591. The third kappa shape index (κ3) is 4.39. The number of halogens is 3. The van der Waals surface area contributed by atoms with Crippen LogP contribution in [0.4, 0.5) is 13.2 Å². The molecule has 0 unspecified atom stereocenters. The van der Waals surface area contributed by atoms with Crippen molar-refractivity contribution in [3.63, 3.8) is 0 Å². The Kier molecular flexibility index (Phi) is 5.03. The minimum Gasteiger partial charge on any atom is -0.318 e. The van der Waals surface area contributed by atoms with Crippen molar-refractivity contribution in [2.75, 3.05) is 6.26 Å². The molecule has 0 N–H and O–H groups in total. The van der Waals surface area contributed by atoms with E-state index in [1.165, 1.54) is 15.3 Å². The second-order valence-electron chi connectivity index (χ2n) is 8.40. The highest BCUT2D eigenvalue weighted by molar-refractivity contribution is 7.89. The number of sulfone groups is 1. The SMILES string of the molecule is Cc1cc(-c2cc(CS(C)(=O)=O)c3c(C(F)(F)F)nn(CC4CC4)c3c2)cn(C)c1=O. The van der Waals surface area contributed by atoms with Gasteiger partial charge < -0.3 is 4.57 Å². The second kappa shape index (κ2) is 7.22. The highest BCUT2D eigenvalue weighted by atomic mass is 32.2. The van der Waals surface area contributed by atoms with Crippen molar-refractivity contribution in [3.8, 4) is 11.1 Å². The number of benzene rings is 1. The molecule has 2 aromatic heterocycles. The standard InChI is InChI=1S/C21H22F3N3O3S/c1-12-6-15(10-26(2)20(12)28)14-7-16(11-31(3,29)30)18-17(8-14)27(9-13-4-5-13)25-19(18)21(22,23)24/h6-8,10,13H,4-5,9,11H2,1-3H3. The second-order valence-corrected chi connectivity index (χ2v) is 10.5. The number of nitrogens with zero attached hydrogens (tertiary/aromatic N) is 3. The molecule has 4 rings (SSSR count). The Hall–Kier alpha value is -2.62. The molecule has 2 heterocycles. The maximum absolute atomic E-state index is 13.8. The lowest BCUT2D eigenvalue weighted by Crippen LogP contribution is -2.18. The summed E-state index contributed by atoms with van der Waals surface area (Å²) >= 11 is 0. The first-order valence-corrected chi connectivity index (χ1v) is 11.9. The lowest BCUT2D eigenvalue weighted by molar-refractivity contribution is -0.140. The normalized spacial score (nSPS) is 15.0. The van der Waals surface area contributed by atoms with E-state index in [-0.39, 0.29) is 27.9 Å². The van der Waals surface area contributed by atoms with E-state index >= 15 is 0 Å². The minimum atomic E-state index is -4.71. The van der Waals surface area contributed by atoms with Gasteiger partial charge in [0.05, 0.1) is 11.3 Å². The molecule has 0 amide bonds. The van der Waals surface area contributed by atoms with E-state index in [1.807, 2.05) is 0 Å². The van der Waals surface area contributed by atoms with Gasteiger partial charge in [-0.1, -0.05) is 0 Å². The smallest absolute Gasteiger partial charge is 0.318 e. The molecule has 166 valence electrons. The third-order valence-corrected chi connectivity index (χ3v) is 6.28. The van der Waals surface area contributed by atoms with Crippen LogP contribution in [0.3, 0.4) is 0 Å². The van der Waals surface area contributed by atoms with E-state index in [0.717, 1.165) is 19.1 Å².